The van der Waals surface area contributed by atoms with Crippen molar-refractivity contribution in [2.24, 2.45) is 0 Å². The van der Waals surface area contributed by atoms with Crippen LogP contribution >= 0.6 is 11.6 Å². The summed E-state index contributed by atoms with van der Waals surface area (Å²) in [6.07, 6.45) is 7.12. The number of rotatable bonds is 8. The second-order valence-corrected chi connectivity index (χ2v) is 8.53. The number of amides is 1. The minimum Gasteiger partial charge on any atom is -0.478 e. The average molecular weight is 453 g/mol. The quantitative estimate of drug-likeness (QED) is 0.482. The first-order valence-corrected chi connectivity index (χ1v) is 11.2. The number of fused-ring (bicyclic) bond motifs is 1. The van der Waals surface area contributed by atoms with E-state index in [1.165, 1.54) is 6.20 Å². The molecule has 1 aliphatic heterocycles. The van der Waals surface area contributed by atoms with Crippen LogP contribution in [0.2, 0.25) is 5.02 Å². The molecule has 32 heavy (non-hydrogen) atoms. The molecular formula is C24H25ClN4O3. The van der Waals surface area contributed by atoms with Crippen molar-refractivity contribution in [2.75, 3.05) is 6.54 Å². The standard InChI is InChI=1S/C24H25ClN4O3/c1-2-3-4-5-20-15-28(14-16-10-18(24(31)32)13-26-12-16)23(30)22-11-21(27-29(20)22)17-6-8-19(25)9-7-17/h6-13,20H,2-5,14-15H2,1H3,(H,31,32). The van der Waals surface area contributed by atoms with Crippen LogP contribution in [0.4, 0.5) is 0 Å². The molecule has 0 saturated heterocycles. The number of unbranched alkanes of at least 4 members (excludes halogenated alkanes) is 2. The lowest BCUT2D eigenvalue weighted by molar-refractivity contribution is 0.0634. The van der Waals surface area contributed by atoms with Crippen molar-refractivity contribution in [1.29, 1.82) is 0 Å². The molecule has 166 valence electrons. The van der Waals surface area contributed by atoms with Crippen LogP contribution in [-0.2, 0) is 6.54 Å². The minimum absolute atomic E-state index is 0.0610. The molecule has 1 aliphatic rings. The van der Waals surface area contributed by atoms with Crippen LogP contribution in [0.5, 0.6) is 0 Å². The van der Waals surface area contributed by atoms with Gasteiger partial charge < -0.3 is 10.0 Å². The summed E-state index contributed by atoms with van der Waals surface area (Å²) in [4.78, 5) is 30.4. The van der Waals surface area contributed by atoms with E-state index in [1.807, 2.05) is 35.0 Å². The molecule has 2 aromatic heterocycles. The third-order valence-corrected chi connectivity index (χ3v) is 5.97. The zero-order chi connectivity index (χ0) is 22.7. The van der Waals surface area contributed by atoms with Gasteiger partial charge in [-0.05, 0) is 36.2 Å². The summed E-state index contributed by atoms with van der Waals surface area (Å²) in [6.45, 7) is 2.99. The van der Waals surface area contributed by atoms with Crippen LogP contribution in [0.3, 0.4) is 0 Å². The summed E-state index contributed by atoms with van der Waals surface area (Å²) in [5.74, 6) is -1.15. The maximum atomic E-state index is 13.3. The van der Waals surface area contributed by atoms with E-state index in [-0.39, 0.29) is 17.5 Å². The average Bonchev–Trinajstić information content (AvgIpc) is 3.23. The van der Waals surface area contributed by atoms with Crippen LogP contribution in [0, 0.1) is 0 Å². The number of carbonyl (C=O) groups excluding carboxylic acids is 1. The number of carbonyl (C=O) groups is 2. The number of carboxylic acids is 1. The molecule has 0 spiro atoms. The van der Waals surface area contributed by atoms with Crippen LogP contribution in [0.15, 0.2) is 48.8 Å². The Labute approximate surface area is 191 Å². The molecule has 1 amide bonds. The Bertz CT molecular complexity index is 1130. The Hall–Kier alpha value is -3.19. The lowest BCUT2D eigenvalue weighted by Crippen LogP contribution is -2.42. The molecule has 3 heterocycles. The van der Waals surface area contributed by atoms with Crippen molar-refractivity contribution in [3.63, 3.8) is 0 Å². The minimum atomic E-state index is -1.03. The molecule has 0 radical (unpaired) electrons. The number of hydrogen-bond acceptors (Lipinski definition) is 4. The fourth-order valence-electron chi connectivity index (χ4n) is 4.06. The van der Waals surface area contributed by atoms with Crippen molar-refractivity contribution in [3.8, 4) is 11.3 Å². The monoisotopic (exact) mass is 452 g/mol. The van der Waals surface area contributed by atoms with E-state index in [0.29, 0.717) is 29.4 Å². The Balaban J connectivity index is 1.64. The molecule has 1 unspecified atom stereocenters. The zero-order valence-electron chi connectivity index (χ0n) is 17.9. The second kappa shape index (κ2) is 9.53. The number of nitrogens with zero attached hydrogens (tertiary/aromatic N) is 4. The van der Waals surface area contributed by atoms with Crippen LogP contribution in [0.1, 0.15) is 65.1 Å². The molecule has 0 bridgehead atoms. The predicted molar refractivity (Wildman–Crippen MR) is 122 cm³/mol. The lowest BCUT2D eigenvalue weighted by atomic mass is 10.0. The van der Waals surface area contributed by atoms with E-state index in [1.54, 1.807) is 17.2 Å². The molecular weight excluding hydrogens is 428 g/mol. The molecule has 1 N–H and O–H groups in total. The van der Waals surface area contributed by atoms with Gasteiger partial charge in [-0.2, -0.15) is 5.10 Å². The summed E-state index contributed by atoms with van der Waals surface area (Å²) in [6, 6.07) is 10.9. The van der Waals surface area contributed by atoms with Crippen LogP contribution < -0.4 is 0 Å². The first kappa shape index (κ1) is 22.0. The summed E-state index contributed by atoms with van der Waals surface area (Å²) in [5, 5.41) is 14.7. The number of hydrogen-bond donors (Lipinski definition) is 1. The maximum Gasteiger partial charge on any atom is 0.337 e. The Kier molecular flexibility index (Phi) is 6.55. The zero-order valence-corrected chi connectivity index (χ0v) is 18.6. The van der Waals surface area contributed by atoms with Crippen molar-refractivity contribution in [3.05, 3.63) is 70.6 Å². The van der Waals surface area contributed by atoms with Gasteiger partial charge in [0.1, 0.15) is 5.69 Å². The van der Waals surface area contributed by atoms with Gasteiger partial charge in [-0.15, -0.1) is 0 Å². The highest BCUT2D eigenvalue weighted by atomic mass is 35.5. The Morgan fingerprint density at radius 2 is 1.97 bits per heavy atom. The van der Waals surface area contributed by atoms with Crippen LogP contribution in [0.25, 0.3) is 11.3 Å². The second-order valence-electron chi connectivity index (χ2n) is 8.09. The van der Waals surface area contributed by atoms with Gasteiger partial charge in [0.05, 0.1) is 17.3 Å². The van der Waals surface area contributed by atoms with Gasteiger partial charge in [0.25, 0.3) is 5.91 Å². The predicted octanol–water partition coefficient (Wildman–Crippen LogP) is 5.07. The number of aromatic carboxylic acids is 1. The molecule has 7 nitrogen and oxygen atoms in total. The molecule has 0 saturated carbocycles. The van der Waals surface area contributed by atoms with E-state index in [2.05, 4.69) is 11.9 Å². The third kappa shape index (κ3) is 4.67. The summed E-state index contributed by atoms with van der Waals surface area (Å²) in [5.41, 5.74) is 2.99. The van der Waals surface area contributed by atoms with E-state index in [9.17, 15) is 14.7 Å². The number of halogens is 1. The van der Waals surface area contributed by atoms with Gasteiger partial charge in [-0.3, -0.25) is 14.5 Å². The Morgan fingerprint density at radius 3 is 2.69 bits per heavy atom. The normalized spacial score (nSPS) is 15.6. The SMILES string of the molecule is CCCCCC1CN(Cc2cncc(C(=O)O)c2)C(=O)c2cc(-c3ccc(Cl)cc3)nn21. The molecule has 8 heteroatoms. The number of benzene rings is 1. The van der Waals surface area contributed by atoms with E-state index < -0.39 is 5.97 Å². The molecule has 0 aliphatic carbocycles. The number of aromatic nitrogens is 3. The molecule has 1 aromatic carbocycles. The van der Waals surface area contributed by atoms with Gasteiger partial charge in [0.15, 0.2) is 0 Å². The number of pyridine rings is 1. The fraction of sp³-hybridized carbons (Fsp3) is 0.333. The van der Waals surface area contributed by atoms with E-state index >= 15 is 0 Å². The highest BCUT2D eigenvalue weighted by molar-refractivity contribution is 6.30. The smallest absolute Gasteiger partial charge is 0.337 e. The van der Waals surface area contributed by atoms with E-state index in [0.717, 1.165) is 36.9 Å². The summed E-state index contributed by atoms with van der Waals surface area (Å²) < 4.78 is 1.87. The van der Waals surface area contributed by atoms with Gasteiger partial charge in [0.2, 0.25) is 0 Å². The highest BCUT2D eigenvalue weighted by Gasteiger charge is 2.33. The first-order chi connectivity index (χ1) is 15.5. The molecule has 3 aromatic rings. The first-order valence-electron chi connectivity index (χ1n) is 10.8. The molecule has 1 atom stereocenters. The lowest BCUT2D eigenvalue weighted by Gasteiger charge is -2.33. The third-order valence-electron chi connectivity index (χ3n) is 5.72. The topological polar surface area (TPSA) is 88.3 Å². The van der Waals surface area contributed by atoms with Gasteiger partial charge in [-0.25, -0.2) is 4.79 Å². The van der Waals surface area contributed by atoms with Crippen molar-refractivity contribution in [1.82, 2.24) is 19.7 Å². The summed E-state index contributed by atoms with van der Waals surface area (Å²) >= 11 is 6.02. The molecule has 4 rings (SSSR count). The van der Waals surface area contributed by atoms with Gasteiger partial charge in [-0.1, -0.05) is 49.9 Å². The Morgan fingerprint density at radius 1 is 1.19 bits per heavy atom. The van der Waals surface area contributed by atoms with Crippen molar-refractivity contribution >= 4 is 23.5 Å². The van der Waals surface area contributed by atoms with Crippen molar-refractivity contribution in [2.45, 2.75) is 45.2 Å². The van der Waals surface area contributed by atoms with Gasteiger partial charge >= 0.3 is 5.97 Å². The van der Waals surface area contributed by atoms with Crippen molar-refractivity contribution < 1.29 is 14.7 Å². The summed E-state index contributed by atoms with van der Waals surface area (Å²) in [7, 11) is 0. The van der Waals surface area contributed by atoms with E-state index in [4.69, 9.17) is 16.7 Å². The van der Waals surface area contributed by atoms with Gasteiger partial charge in [0, 0.05) is 36.1 Å². The highest BCUT2D eigenvalue weighted by Crippen LogP contribution is 2.30. The van der Waals surface area contributed by atoms with Crippen LogP contribution in [-0.4, -0.2) is 43.2 Å². The number of carboxylic acid groups (broad SMARTS) is 1. The fourth-order valence-corrected chi connectivity index (χ4v) is 4.19. The largest absolute Gasteiger partial charge is 0.478 e. The molecule has 0 fully saturated rings. The maximum absolute atomic E-state index is 13.3.